The van der Waals surface area contributed by atoms with E-state index in [9.17, 15) is 5.11 Å². The van der Waals surface area contributed by atoms with Crippen LogP contribution in [-0.2, 0) is 6.42 Å². The maximum absolute atomic E-state index is 9.49. The molecule has 0 fully saturated rings. The average Bonchev–Trinajstić information content (AvgIpc) is 2.79. The van der Waals surface area contributed by atoms with E-state index in [4.69, 9.17) is 10.3 Å². The molecule has 1 aromatic carbocycles. The molecule has 0 bridgehead atoms. The minimum Gasteiger partial charge on any atom is -0.506 e. The maximum Gasteiger partial charge on any atom is 0.258 e. The van der Waals surface area contributed by atoms with E-state index in [0.29, 0.717) is 23.0 Å². The number of nitrogens with zero attached hydrogens (tertiary/aromatic N) is 2. The zero-order chi connectivity index (χ0) is 12.3. The van der Waals surface area contributed by atoms with Gasteiger partial charge in [-0.05, 0) is 24.6 Å². The third-order valence-electron chi connectivity index (χ3n) is 2.50. The lowest BCUT2D eigenvalue weighted by Crippen LogP contribution is -1.88. The SMILES string of the molecule is CCCCc1noc(-c2ccc(N)c(O)c2)n1. The van der Waals surface area contributed by atoms with Gasteiger partial charge >= 0.3 is 0 Å². The summed E-state index contributed by atoms with van der Waals surface area (Å²) in [7, 11) is 0. The van der Waals surface area contributed by atoms with Gasteiger partial charge in [0.05, 0.1) is 5.69 Å². The van der Waals surface area contributed by atoms with Crippen molar-refractivity contribution >= 4 is 5.69 Å². The van der Waals surface area contributed by atoms with Crippen LogP contribution in [-0.4, -0.2) is 15.2 Å². The van der Waals surface area contributed by atoms with E-state index in [1.54, 1.807) is 12.1 Å². The Labute approximate surface area is 99.3 Å². The minimum atomic E-state index is 0.0239. The standard InChI is InChI=1S/C12H15N3O2/c1-2-3-4-11-14-12(17-15-11)8-5-6-9(13)10(16)7-8/h5-7,16H,2-4,13H2,1H3. The van der Waals surface area contributed by atoms with Gasteiger partial charge in [0, 0.05) is 12.0 Å². The van der Waals surface area contributed by atoms with Crippen LogP contribution < -0.4 is 5.73 Å². The second-order valence-corrected chi connectivity index (χ2v) is 3.89. The smallest absolute Gasteiger partial charge is 0.258 e. The highest BCUT2D eigenvalue weighted by atomic mass is 16.5. The van der Waals surface area contributed by atoms with Gasteiger partial charge in [-0.15, -0.1) is 0 Å². The Hall–Kier alpha value is -2.04. The molecule has 90 valence electrons. The van der Waals surface area contributed by atoms with Crippen molar-refractivity contribution in [2.75, 3.05) is 5.73 Å². The fraction of sp³-hybridized carbons (Fsp3) is 0.333. The van der Waals surface area contributed by atoms with Crippen LogP contribution in [0.25, 0.3) is 11.5 Å². The largest absolute Gasteiger partial charge is 0.506 e. The summed E-state index contributed by atoms with van der Waals surface area (Å²) in [6.07, 6.45) is 2.93. The highest BCUT2D eigenvalue weighted by molar-refractivity contribution is 5.63. The highest BCUT2D eigenvalue weighted by Crippen LogP contribution is 2.26. The predicted molar refractivity (Wildman–Crippen MR) is 64.4 cm³/mol. The third-order valence-corrected chi connectivity index (χ3v) is 2.50. The number of phenols is 1. The van der Waals surface area contributed by atoms with Crippen LogP contribution in [0.3, 0.4) is 0 Å². The summed E-state index contributed by atoms with van der Waals surface area (Å²) in [5.41, 5.74) is 6.53. The van der Waals surface area contributed by atoms with E-state index in [0.717, 1.165) is 19.3 Å². The Balaban J connectivity index is 2.21. The first kappa shape index (κ1) is 11.4. The first-order chi connectivity index (χ1) is 8.20. The first-order valence-corrected chi connectivity index (χ1v) is 5.62. The molecule has 2 rings (SSSR count). The van der Waals surface area contributed by atoms with Crippen molar-refractivity contribution in [3.8, 4) is 17.2 Å². The Kier molecular flexibility index (Phi) is 3.27. The van der Waals surface area contributed by atoms with Gasteiger partial charge in [0.2, 0.25) is 0 Å². The number of hydrogen-bond donors (Lipinski definition) is 2. The van der Waals surface area contributed by atoms with Crippen LogP contribution in [0.2, 0.25) is 0 Å². The van der Waals surface area contributed by atoms with Gasteiger partial charge < -0.3 is 15.4 Å². The highest BCUT2D eigenvalue weighted by Gasteiger charge is 2.09. The van der Waals surface area contributed by atoms with Crippen molar-refractivity contribution in [3.05, 3.63) is 24.0 Å². The molecule has 0 atom stereocenters. The number of aryl methyl sites for hydroxylation is 1. The number of rotatable bonds is 4. The molecule has 5 heteroatoms. The van der Waals surface area contributed by atoms with Crippen LogP contribution in [0, 0.1) is 0 Å². The summed E-state index contributed by atoms with van der Waals surface area (Å²) in [5.74, 6) is 1.13. The first-order valence-electron chi connectivity index (χ1n) is 5.62. The molecule has 0 radical (unpaired) electrons. The second-order valence-electron chi connectivity index (χ2n) is 3.89. The lowest BCUT2D eigenvalue weighted by atomic mass is 10.2. The van der Waals surface area contributed by atoms with Crippen LogP contribution in [0.15, 0.2) is 22.7 Å². The van der Waals surface area contributed by atoms with Crippen LogP contribution in [0.5, 0.6) is 5.75 Å². The number of anilines is 1. The summed E-state index contributed by atoms with van der Waals surface area (Å²) < 4.78 is 5.13. The van der Waals surface area contributed by atoms with Gasteiger partial charge in [0.25, 0.3) is 5.89 Å². The Bertz CT molecular complexity index is 508. The quantitative estimate of drug-likeness (QED) is 0.625. The van der Waals surface area contributed by atoms with Gasteiger partial charge in [0.1, 0.15) is 5.75 Å². The van der Waals surface area contributed by atoms with Crippen LogP contribution >= 0.6 is 0 Å². The number of nitrogen functional groups attached to an aromatic ring is 1. The molecule has 3 N–H and O–H groups in total. The summed E-state index contributed by atoms with van der Waals surface area (Å²) in [6.45, 7) is 2.11. The number of nitrogens with two attached hydrogens (primary N) is 1. The second kappa shape index (κ2) is 4.86. The van der Waals surface area contributed by atoms with Gasteiger partial charge in [-0.1, -0.05) is 18.5 Å². The summed E-state index contributed by atoms with van der Waals surface area (Å²) in [5, 5.41) is 13.4. The van der Waals surface area contributed by atoms with E-state index in [2.05, 4.69) is 17.1 Å². The predicted octanol–water partition coefficient (Wildman–Crippen LogP) is 2.37. The average molecular weight is 233 g/mol. The van der Waals surface area contributed by atoms with Gasteiger partial charge in [-0.2, -0.15) is 4.98 Å². The molecule has 2 aromatic rings. The molecular weight excluding hydrogens is 218 g/mol. The van der Waals surface area contributed by atoms with Gasteiger partial charge in [0.15, 0.2) is 5.82 Å². The number of phenolic OH excluding ortho intramolecular Hbond substituents is 1. The molecule has 0 aliphatic carbocycles. The monoisotopic (exact) mass is 233 g/mol. The van der Waals surface area contributed by atoms with E-state index in [1.807, 2.05) is 0 Å². The van der Waals surface area contributed by atoms with Crippen molar-refractivity contribution in [3.63, 3.8) is 0 Å². The van der Waals surface area contributed by atoms with E-state index >= 15 is 0 Å². The lowest BCUT2D eigenvalue weighted by Gasteiger charge is -1.99. The summed E-state index contributed by atoms with van der Waals surface area (Å²) in [6, 6.07) is 4.87. The molecule has 5 nitrogen and oxygen atoms in total. The number of aromatic hydroxyl groups is 1. The maximum atomic E-state index is 9.49. The molecular formula is C12H15N3O2. The molecule has 0 spiro atoms. The Morgan fingerprint density at radius 2 is 2.24 bits per heavy atom. The normalized spacial score (nSPS) is 10.6. The van der Waals surface area contributed by atoms with E-state index in [-0.39, 0.29) is 5.75 Å². The van der Waals surface area contributed by atoms with Gasteiger partial charge in [-0.25, -0.2) is 0 Å². The molecule has 0 aliphatic rings. The Morgan fingerprint density at radius 3 is 2.94 bits per heavy atom. The third kappa shape index (κ3) is 2.55. The van der Waals surface area contributed by atoms with Crippen molar-refractivity contribution in [2.45, 2.75) is 26.2 Å². The molecule has 0 aliphatic heterocycles. The molecule has 17 heavy (non-hydrogen) atoms. The van der Waals surface area contributed by atoms with Crippen LogP contribution in [0.1, 0.15) is 25.6 Å². The van der Waals surface area contributed by atoms with Crippen molar-refractivity contribution < 1.29 is 9.63 Å². The molecule has 0 amide bonds. The van der Waals surface area contributed by atoms with E-state index in [1.165, 1.54) is 6.07 Å². The summed E-state index contributed by atoms with van der Waals surface area (Å²) in [4.78, 5) is 4.26. The number of unbranched alkanes of at least 4 members (excludes halogenated alkanes) is 1. The zero-order valence-corrected chi connectivity index (χ0v) is 9.68. The fourth-order valence-electron chi connectivity index (χ4n) is 1.48. The molecule has 0 unspecified atom stereocenters. The van der Waals surface area contributed by atoms with Crippen LogP contribution in [0.4, 0.5) is 5.69 Å². The lowest BCUT2D eigenvalue weighted by molar-refractivity contribution is 0.421. The molecule has 1 heterocycles. The number of hydrogen-bond acceptors (Lipinski definition) is 5. The molecule has 0 saturated heterocycles. The van der Waals surface area contributed by atoms with Crippen molar-refractivity contribution in [2.24, 2.45) is 0 Å². The Morgan fingerprint density at radius 1 is 1.41 bits per heavy atom. The van der Waals surface area contributed by atoms with Crippen molar-refractivity contribution in [1.29, 1.82) is 0 Å². The molecule has 0 saturated carbocycles. The molecule has 1 aromatic heterocycles. The van der Waals surface area contributed by atoms with Crippen molar-refractivity contribution in [1.82, 2.24) is 10.1 Å². The topological polar surface area (TPSA) is 85.2 Å². The number of benzene rings is 1. The van der Waals surface area contributed by atoms with E-state index < -0.39 is 0 Å². The fourth-order valence-corrected chi connectivity index (χ4v) is 1.48. The minimum absolute atomic E-state index is 0.0239. The summed E-state index contributed by atoms with van der Waals surface area (Å²) >= 11 is 0. The van der Waals surface area contributed by atoms with Gasteiger partial charge in [-0.3, -0.25) is 0 Å². The zero-order valence-electron chi connectivity index (χ0n) is 9.68. The number of aromatic nitrogens is 2.